The Bertz CT molecular complexity index is 209. The molecule has 2 amide bonds. The van der Waals surface area contributed by atoms with Crippen molar-refractivity contribution in [2.45, 2.75) is 38.4 Å². The lowest BCUT2D eigenvalue weighted by Crippen LogP contribution is -2.47. The van der Waals surface area contributed by atoms with Crippen molar-refractivity contribution < 1.29 is 18.0 Å². The molecule has 1 atom stereocenters. The van der Waals surface area contributed by atoms with Gasteiger partial charge in [-0.25, -0.2) is 4.79 Å². The van der Waals surface area contributed by atoms with Crippen molar-refractivity contribution in [1.82, 2.24) is 10.6 Å². The lowest BCUT2D eigenvalue weighted by atomic mass is 10.1. The largest absolute Gasteiger partial charge is 0.405 e. The highest BCUT2D eigenvalue weighted by Crippen LogP contribution is 2.11. The summed E-state index contributed by atoms with van der Waals surface area (Å²) in [5.41, 5.74) is 5.38. The van der Waals surface area contributed by atoms with Crippen LogP contribution in [0.3, 0.4) is 0 Å². The van der Waals surface area contributed by atoms with Gasteiger partial charge >= 0.3 is 12.2 Å². The Hall–Kier alpha value is -0.980. The maximum atomic E-state index is 11.8. The molecule has 4 N–H and O–H groups in total. The smallest absolute Gasteiger partial charge is 0.334 e. The first-order valence-corrected chi connectivity index (χ1v) is 5.20. The monoisotopic (exact) mass is 241 g/mol. The third kappa shape index (κ3) is 8.34. The van der Waals surface area contributed by atoms with Gasteiger partial charge in [-0.15, -0.1) is 0 Å². The summed E-state index contributed by atoms with van der Waals surface area (Å²) in [4.78, 5) is 11.0. The van der Waals surface area contributed by atoms with Crippen LogP contribution in [-0.2, 0) is 0 Å². The summed E-state index contributed by atoms with van der Waals surface area (Å²) in [6.07, 6.45) is -1.89. The molecule has 0 aliphatic carbocycles. The number of halogens is 3. The Morgan fingerprint density at radius 2 is 2.06 bits per heavy atom. The first-order valence-electron chi connectivity index (χ1n) is 5.20. The fourth-order valence-corrected chi connectivity index (χ4v) is 1.12. The third-order valence-corrected chi connectivity index (χ3v) is 1.98. The molecule has 0 rings (SSSR count). The predicted molar refractivity (Wildman–Crippen MR) is 55.0 cm³/mol. The normalized spacial score (nSPS) is 13.3. The number of hydrogen-bond donors (Lipinski definition) is 3. The minimum atomic E-state index is -4.39. The molecule has 0 aromatic rings. The third-order valence-electron chi connectivity index (χ3n) is 1.98. The van der Waals surface area contributed by atoms with Crippen LogP contribution in [0.15, 0.2) is 0 Å². The van der Waals surface area contributed by atoms with Crippen LogP contribution in [0.4, 0.5) is 18.0 Å². The molecular formula is C9H18F3N3O. The van der Waals surface area contributed by atoms with Gasteiger partial charge < -0.3 is 16.4 Å². The van der Waals surface area contributed by atoms with E-state index in [1.807, 2.05) is 6.92 Å². The number of nitrogens with one attached hydrogen (secondary N) is 2. The highest BCUT2D eigenvalue weighted by molar-refractivity contribution is 5.74. The van der Waals surface area contributed by atoms with E-state index in [0.717, 1.165) is 12.8 Å². The Morgan fingerprint density at radius 1 is 1.44 bits per heavy atom. The fourth-order valence-electron chi connectivity index (χ4n) is 1.12. The maximum absolute atomic E-state index is 11.8. The summed E-state index contributed by atoms with van der Waals surface area (Å²) in [5, 5.41) is 4.13. The molecule has 0 spiro atoms. The molecular weight excluding hydrogens is 223 g/mol. The molecule has 4 nitrogen and oxygen atoms in total. The number of alkyl halides is 3. The van der Waals surface area contributed by atoms with E-state index >= 15 is 0 Å². The van der Waals surface area contributed by atoms with Crippen molar-refractivity contribution in [3.63, 3.8) is 0 Å². The van der Waals surface area contributed by atoms with Crippen LogP contribution < -0.4 is 16.4 Å². The SMILES string of the molecule is CCCCC(CN)NC(=O)NCC(F)(F)F. The van der Waals surface area contributed by atoms with Gasteiger partial charge in [0, 0.05) is 12.6 Å². The number of urea groups is 1. The molecule has 0 aliphatic heterocycles. The molecule has 0 aliphatic rings. The van der Waals surface area contributed by atoms with E-state index in [1.54, 1.807) is 5.32 Å². The number of unbranched alkanes of at least 4 members (excludes halogenated alkanes) is 1. The van der Waals surface area contributed by atoms with Gasteiger partial charge in [-0.1, -0.05) is 19.8 Å². The molecule has 1 unspecified atom stereocenters. The van der Waals surface area contributed by atoms with E-state index in [9.17, 15) is 18.0 Å². The van der Waals surface area contributed by atoms with E-state index < -0.39 is 18.8 Å². The molecule has 0 saturated heterocycles. The van der Waals surface area contributed by atoms with Gasteiger partial charge in [0.15, 0.2) is 0 Å². The molecule has 7 heteroatoms. The summed E-state index contributed by atoms with van der Waals surface area (Å²) >= 11 is 0. The van der Waals surface area contributed by atoms with Crippen molar-refractivity contribution in [2.75, 3.05) is 13.1 Å². The first kappa shape index (κ1) is 15.0. The van der Waals surface area contributed by atoms with E-state index in [-0.39, 0.29) is 12.6 Å². The highest BCUT2D eigenvalue weighted by atomic mass is 19.4. The topological polar surface area (TPSA) is 67.1 Å². The molecule has 0 radical (unpaired) electrons. The van der Waals surface area contributed by atoms with Crippen LogP contribution in [-0.4, -0.2) is 31.3 Å². The standard InChI is InChI=1S/C9H18F3N3O/c1-2-3-4-7(5-13)15-8(16)14-6-9(10,11)12/h7H,2-6,13H2,1H3,(H2,14,15,16). The Kier molecular flexibility index (Phi) is 6.87. The lowest BCUT2D eigenvalue weighted by Gasteiger charge is -2.17. The Morgan fingerprint density at radius 3 is 2.50 bits per heavy atom. The van der Waals surface area contributed by atoms with Crippen molar-refractivity contribution in [1.29, 1.82) is 0 Å². The molecule has 0 aromatic heterocycles. The van der Waals surface area contributed by atoms with E-state index in [0.29, 0.717) is 6.42 Å². The summed E-state index contributed by atoms with van der Waals surface area (Å²) in [6.45, 7) is 0.876. The number of nitrogens with two attached hydrogens (primary N) is 1. The van der Waals surface area contributed by atoms with Gasteiger partial charge in [-0.05, 0) is 6.42 Å². The van der Waals surface area contributed by atoms with Gasteiger partial charge in [0.1, 0.15) is 6.54 Å². The van der Waals surface area contributed by atoms with Crippen LogP contribution in [0.25, 0.3) is 0 Å². The molecule has 0 saturated carbocycles. The summed E-state index contributed by atoms with van der Waals surface area (Å²) in [6, 6.07) is -1.10. The van der Waals surface area contributed by atoms with Gasteiger partial charge in [0.25, 0.3) is 0 Å². The van der Waals surface area contributed by atoms with Crippen LogP contribution in [0, 0.1) is 0 Å². The number of amides is 2. The number of hydrogen-bond acceptors (Lipinski definition) is 2. The Balaban J connectivity index is 3.83. The van der Waals surface area contributed by atoms with Crippen LogP contribution in [0.5, 0.6) is 0 Å². The quantitative estimate of drug-likeness (QED) is 0.657. The molecule has 0 fully saturated rings. The van der Waals surface area contributed by atoms with Crippen LogP contribution >= 0.6 is 0 Å². The van der Waals surface area contributed by atoms with E-state index in [1.165, 1.54) is 0 Å². The predicted octanol–water partition coefficient (Wildman–Crippen LogP) is 1.37. The zero-order valence-electron chi connectivity index (χ0n) is 9.23. The second-order valence-electron chi connectivity index (χ2n) is 3.52. The van der Waals surface area contributed by atoms with E-state index in [2.05, 4.69) is 5.32 Å². The molecule has 0 aromatic carbocycles. The summed E-state index contributed by atoms with van der Waals surface area (Å²) in [7, 11) is 0. The zero-order valence-corrected chi connectivity index (χ0v) is 9.23. The lowest BCUT2D eigenvalue weighted by molar-refractivity contribution is -0.122. The fraction of sp³-hybridized carbons (Fsp3) is 0.889. The van der Waals surface area contributed by atoms with Crippen molar-refractivity contribution in [3.8, 4) is 0 Å². The second-order valence-corrected chi connectivity index (χ2v) is 3.52. The summed E-state index contributed by atoms with van der Waals surface area (Å²) < 4.78 is 35.3. The van der Waals surface area contributed by atoms with Crippen molar-refractivity contribution >= 4 is 6.03 Å². The average molecular weight is 241 g/mol. The average Bonchev–Trinajstić information content (AvgIpc) is 2.20. The van der Waals surface area contributed by atoms with Crippen LogP contribution in [0.2, 0.25) is 0 Å². The number of rotatable bonds is 6. The molecule has 0 heterocycles. The Labute approximate surface area is 92.8 Å². The van der Waals surface area contributed by atoms with Crippen LogP contribution in [0.1, 0.15) is 26.2 Å². The molecule has 16 heavy (non-hydrogen) atoms. The van der Waals surface area contributed by atoms with Crippen molar-refractivity contribution in [3.05, 3.63) is 0 Å². The summed E-state index contributed by atoms with van der Waals surface area (Å²) in [5.74, 6) is 0. The molecule has 96 valence electrons. The number of carbonyl (C=O) groups excluding carboxylic acids is 1. The highest BCUT2D eigenvalue weighted by Gasteiger charge is 2.27. The van der Waals surface area contributed by atoms with Gasteiger partial charge in [0.2, 0.25) is 0 Å². The number of carbonyl (C=O) groups is 1. The zero-order chi connectivity index (χ0) is 12.6. The molecule has 0 bridgehead atoms. The maximum Gasteiger partial charge on any atom is 0.405 e. The minimum Gasteiger partial charge on any atom is -0.334 e. The first-order chi connectivity index (χ1) is 7.39. The van der Waals surface area contributed by atoms with Gasteiger partial charge in [-0.3, -0.25) is 0 Å². The van der Waals surface area contributed by atoms with Gasteiger partial charge in [-0.2, -0.15) is 13.2 Å². The van der Waals surface area contributed by atoms with Gasteiger partial charge in [0.05, 0.1) is 0 Å². The van der Waals surface area contributed by atoms with Crippen molar-refractivity contribution in [2.24, 2.45) is 5.73 Å². The second kappa shape index (κ2) is 7.32. The minimum absolute atomic E-state index is 0.222. The van der Waals surface area contributed by atoms with E-state index in [4.69, 9.17) is 5.73 Å².